The van der Waals surface area contributed by atoms with Crippen molar-refractivity contribution in [1.82, 2.24) is 9.97 Å². The molecule has 0 aliphatic heterocycles. The van der Waals surface area contributed by atoms with E-state index in [1.807, 2.05) is 19.9 Å². The van der Waals surface area contributed by atoms with Gasteiger partial charge in [-0.2, -0.15) is 13.2 Å². The van der Waals surface area contributed by atoms with Crippen molar-refractivity contribution in [2.75, 3.05) is 6.61 Å². The highest BCUT2D eigenvalue weighted by Crippen LogP contribution is 2.44. The highest BCUT2D eigenvalue weighted by Gasteiger charge is 2.30. The summed E-state index contributed by atoms with van der Waals surface area (Å²) in [6, 6.07) is 4.86. The Bertz CT molecular complexity index is 1160. The Hall–Kier alpha value is -2.96. The predicted molar refractivity (Wildman–Crippen MR) is 93.8 cm³/mol. The van der Waals surface area contributed by atoms with Gasteiger partial charge in [0, 0.05) is 23.2 Å². The number of aromatic nitrogens is 2. The molecule has 0 bridgehead atoms. The molecule has 0 atom stereocenters. The number of halogens is 3. The number of aromatic hydroxyl groups is 1. The predicted octanol–water partition coefficient (Wildman–Crippen LogP) is 5.13. The molecule has 0 radical (unpaired) electrons. The van der Waals surface area contributed by atoms with E-state index in [9.17, 15) is 18.3 Å². The van der Waals surface area contributed by atoms with E-state index in [4.69, 9.17) is 4.74 Å². The van der Waals surface area contributed by atoms with Crippen LogP contribution in [-0.2, 0) is 0 Å². The Kier molecular flexibility index (Phi) is 3.50. The van der Waals surface area contributed by atoms with E-state index in [0.29, 0.717) is 10.9 Å². The number of ether oxygens (including phenoxy) is 1. The van der Waals surface area contributed by atoms with Gasteiger partial charge in [-0.05, 0) is 48.6 Å². The number of fused-ring (bicyclic) bond motifs is 4. The molecular weight excluding hydrogens is 345 g/mol. The van der Waals surface area contributed by atoms with Gasteiger partial charge in [0.1, 0.15) is 0 Å². The first-order chi connectivity index (χ1) is 12.3. The largest absolute Gasteiger partial charge is 0.504 e. The van der Waals surface area contributed by atoms with Crippen molar-refractivity contribution in [2.45, 2.75) is 20.0 Å². The number of rotatable bonds is 2. The summed E-state index contributed by atoms with van der Waals surface area (Å²) in [5.41, 5.74) is 3.23. The molecule has 0 saturated carbocycles. The minimum atomic E-state index is -4.50. The van der Waals surface area contributed by atoms with E-state index in [1.54, 1.807) is 18.5 Å². The van der Waals surface area contributed by atoms with Crippen LogP contribution >= 0.6 is 0 Å². The zero-order valence-corrected chi connectivity index (χ0v) is 14.0. The number of alkyl halides is 3. The van der Waals surface area contributed by atoms with Crippen LogP contribution in [0, 0.1) is 13.8 Å². The van der Waals surface area contributed by atoms with Gasteiger partial charge in [0.15, 0.2) is 18.1 Å². The fraction of sp³-hybridized carbons (Fsp3) is 0.211. The zero-order chi connectivity index (χ0) is 18.6. The number of phenolic OH excluding ortho intramolecular Hbond substituents is 1. The third-order valence-corrected chi connectivity index (χ3v) is 4.66. The summed E-state index contributed by atoms with van der Waals surface area (Å²) in [5.74, 6) is -0.497. The molecule has 0 amide bonds. The maximum Gasteiger partial charge on any atom is 0.422 e. The number of aryl methyl sites for hydroxylation is 2. The van der Waals surface area contributed by atoms with Crippen LogP contribution in [0.4, 0.5) is 13.2 Å². The van der Waals surface area contributed by atoms with Crippen molar-refractivity contribution in [3.05, 3.63) is 41.7 Å². The molecule has 0 saturated heterocycles. The van der Waals surface area contributed by atoms with Gasteiger partial charge >= 0.3 is 6.18 Å². The van der Waals surface area contributed by atoms with Crippen LogP contribution in [0.15, 0.2) is 30.6 Å². The Morgan fingerprint density at radius 2 is 1.85 bits per heavy atom. The van der Waals surface area contributed by atoms with Crippen molar-refractivity contribution >= 4 is 32.6 Å². The van der Waals surface area contributed by atoms with Crippen LogP contribution in [0.3, 0.4) is 0 Å². The van der Waals surface area contributed by atoms with Crippen LogP contribution in [0.2, 0.25) is 0 Å². The molecule has 2 aromatic carbocycles. The lowest BCUT2D eigenvalue weighted by molar-refractivity contribution is -0.153. The Labute approximate surface area is 146 Å². The number of pyridine rings is 1. The van der Waals surface area contributed by atoms with Crippen LogP contribution in [0.25, 0.3) is 32.6 Å². The summed E-state index contributed by atoms with van der Waals surface area (Å²) >= 11 is 0. The van der Waals surface area contributed by atoms with E-state index in [2.05, 4.69) is 9.97 Å². The van der Waals surface area contributed by atoms with Gasteiger partial charge in [-0.25, -0.2) is 0 Å². The molecule has 2 N–H and O–H groups in total. The lowest BCUT2D eigenvalue weighted by Gasteiger charge is -2.13. The van der Waals surface area contributed by atoms with E-state index >= 15 is 0 Å². The molecule has 134 valence electrons. The second-order valence-corrected chi connectivity index (χ2v) is 6.29. The molecule has 0 spiro atoms. The molecule has 0 aliphatic rings. The molecule has 7 heteroatoms. The molecule has 0 unspecified atom stereocenters. The monoisotopic (exact) mass is 360 g/mol. The summed E-state index contributed by atoms with van der Waals surface area (Å²) in [5, 5.41) is 13.2. The maximum atomic E-state index is 12.6. The first kappa shape index (κ1) is 16.5. The number of hydrogen-bond donors (Lipinski definition) is 2. The fourth-order valence-corrected chi connectivity index (χ4v) is 3.49. The number of nitrogens with one attached hydrogen (secondary N) is 1. The van der Waals surface area contributed by atoms with Crippen molar-refractivity contribution in [2.24, 2.45) is 0 Å². The topological polar surface area (TPSA) is 58.1 Å². The number of nitrogens with zero attached hydrogens (tertiary/aromatic N) is 1. The quantitative estimate of drug-likeness (QED) is 0.521. The SMILES string of the molecule is Cc1c2ccncc2c(C)c2c1[nH]c1ccc(O)c(OCC(F)(F)F)c12. The van der Waals surface area contributed by atoms with Crippen molar-refractivity contribution in [1.29, 1.82) is 0 Å². The highest BCUT2D eigenvalue weighted by atomic mass is 19.4. The van der Waals surface area contributed by atoms with Crippen molar-refractivity contribution in [3.8, 4) is 11.5 Å². The first-order valence-corrected chi connectivity index (χ1v) is 7.97. The van der Waals surface area contributed by atoms with Crippen molar-refractivity contribution < 1.29 is 23.0 Å². The Balaban J connectivity index is 2.11. The molecular formula is C19H15F3N2O2. The number of hydrogen-bond acceptors (Lipinski definition) is 3. The van der Waals surface area contributed by atoms with Gasteiger partial charge in [-0.3, -0.25) is 4.98 Å². The van der Waals surface area contributed by atoms with Crippen LogP contribution in [0.5, 0.6) is 11.5 Å². The fourth-order valence-electron chi connectivity index (χ4n) is 3.49. The number of H-pyrrole nitrogens is 1. The minimum Gasteiger partial charge on any atom is -0.504 e. The zero-order valence-electron chi connectivity index (χ0n) is 14.0. The molecule has 0 aliphatic carbocycles. The van der Waals surface area contributed by atoms with Gasteiger partial charge in [-0.15, -0.1) is 0 Å². The molecule has 2 aromatic heterocycles. The van der Waals surface area contributed by atoms with Crippen LogP contribution in [-0.4, -0.2) is 27.9 Å². The molecule has 0 fully saturated rings. The third kappa shape index (κ3) is 2.42. The van der Waals surface area contributed by atoms with E-state index < -0.39 is 12.8 Å². The van der Waals surface area contributed by atoms with E-state index in [-0.39, 0.29) is 11.5 Å². The van der Waals surface area contributed by atoms with Crippen LogP contribution < -0.4 is 4.74 Å². The summed E-state index contributed by atoms with van der Waals surface area (Å²) in [4.78, 5) is 7.41. The summed E-state index contributed by atoms with van der Waals surface area (Å²) < 4.78 is 42.9. The van der Waals surface area contributed by atoms with Gasteiger partial charge in [0.05, 0.1) is 16.4 Å². The average Bonchev–Trinajstić information content (AvgIpc) is 2.98. The summed E-state index contributed by atoms with van der Waals surface area (Å²) in [7, 11) is 0. The van der Waals surface area contributed by atoms with Crippen molar-refractivity contribution in [3.63, 3.8) is 0 Å². The third-order valence-electron chi connectivity index (χ3n) is 4.66. The molecule has 4 rings (SSSR count). The summed E-state index contributed by atoms with van der Waals surface area (Å²) in [6.07, 6.45) is -1.07. The van der Waals surface area contributed by atoms with E-state index in [0.717, 1.165) is 32.8 Å². The molecule has 4 aromatic rings. The first-order valence-electron chi connectivity index (χ1n) is 7.97. The highest BCUT2D eigenvalue weighted by molar-refractivity contribution is 6.18. The number of phenols is 1. The molecule has 2 heterocycles. The standard InChI is InChI=1S/C19H15F3N2O2/c1-9-12-7-23-6-5-11(12)10(2)17-15(9)16-13(24-17)3-4-14(25)18(16)26-8-19(20,21)22/h3-7,24-25H,8H2,1-2H3. The van der Waals surface area contributed by atoms with Gasteiger partial charge in [-0.1, -0.05) is 0 Å². The van der Waals surface area contributed by atoms with Gasteiger partial charge < -0.3 is 14.8 Å². The lowest BCUT2D eigenvalue weighted by atomic mass is 9.97. The van der Waals surface area contributed by atoms with Crippen LogP contribution in [0.1, 0.15) is 11.1 Å². The Morgan fingerprint density at radius 1 is 1.08 bits per heavy atom. The molecule has 4 nitrogen and oxygen atoms in total. The Morgan fingerprint density at radius 3 is 2.58 bits per heavy atom. The second kappa shape index (κ2) is 5.52. The maximum absolute atomic E-state index is 12.6. The average molecular weight is 360 g/mol. The molecule has 26 heavy (non-hydrogen) atoms. The minimum absolute atomic E-state index is 0.170. The number of aromatic amines is 1. The van der Waals surface area contributed by atoms with Gasteiger partial charge in [0.2, 0.25) is 0 Å². The summed E-state index contributed by atoms with van der Waals surface area (Å²) in [6.45, 7) is 2.35. The lowest BCUT2D eigenvalue weighted by Crippen LogP contribution is -2.19. The number of benzene rings is 2. The smallest absolute Gasteiger partial charge is 0.422 e. The second-order valence-electron chi connectivity index (χ2n) is 6.29. The van der Waals surface area contributed by atoms with E-state index in [1.165, 1.54) is 6.07 Å². The normalized spacial score (nSPS) is 12.3. The van der Waals surface area contributed by atoms with Gasteiger partial charge in [0.25, 0.3) is 0 Å².